The molecule has 0 aliphatic carbocycles. The van der Waals surface area contributed by atoms with Gasteiger partial charge in [-0.1, -0.05) is 23.8 Å². The van der Waals surface area contributed by atoms with Crippen LogP contribution >= 0.6 is 12.2 Å². The van der Waals surface area contributed by atoms with Crippen LogP contribution < -0.4 is 10.6 Å². The maximum Gasteiger partial charge on any atom is 0.257 e. The van der Waals surface area contributed by atoms with E-state index in [-0.39, 0.29) is 11.0 Å². The summed E-state index contributed by atoms with van der Waals surface area (Å²) in [5, 5.41) is 5.72. The number of nitrogens with zero attached hydrogens (tertiary/aromatic N) is 1. The first kappa shape index (κ1) is 14.1. The maximum absolute atomic E-state index is 12.0. The van der Waals surface area contributed by atoms with Crippen molar-refractivity contribution >= 4 is 29.1 Å². The Labute approximate surface area is 123 Å². The second-order valence-corrected chi connectivity index (χ2v) is 4.90. The molecule has 0 spiro atoms. The Morgan fingerprint density at radius 3 is 2.30 bits per heavy atom. The lowest BCUT2D eigenvalue weighted by atomic mass is 10.1. The minimum absolute atomic E-state index is 0.229. The van der Waals surface area contributed by atoms with Crippen molar-refractivity contribution in [2.45, 2.75) is 13.8 Å². The fraction of sp³-hybridized carbons (Fsp3) is 0.133. The smallest absolute Gasteiger partial charge is 0.257 e. The molecule has 0 saturated carbocycles. The Bertz CT molecular complexity index is 621. The van der Waals surface area contributed by atoms with Gasteiger partial charge < -0.3 is 5.32 Å². The molecular formula is C15H15N3OS. The largest absolute Gasteiger partial charge is 0.317 e. The van der Waals surface area contributed by atoms with Gasteiger partial charge in [0.2, 0.25) is 0 Å². The molecule has 0 bridgehead atoms. The standard InChI is InChI=1S/C15H15N3OS/c1-10-3-6-12(7-4-10)14(19)18-15(20)17-13-8-5-11(2)9-16-13/h3-9H,1-2H3,(H2,16,17,18,19,20). The maximum atomic E-state index is 12.0. The van der Waals surface area contributed by atoms with Crippen molar-refractivity contribution in [3.63, 3.8) is 0 Å². The van der Waals surface area contributed by atoms with Crippen LogP contribution in [0.1, 0.15) is 21.5 Å². The lowest BCUT2D eigenvalue weighted by Gasteiger charge is -2.09. The summed E-state index contributed by atoms with van der Waals surface area (Å²) in [4.78, 5) is 16.1. The minimum Gasteiger partial charge on any atom is -0.317 e. The lowest BCUT2D eigenvalue weighted by Crippen LogP contribution is -2.34. The van der Waals surface area contributed by atoms with Crippen molar-refractivity contribution in [2.24, 2.45) is 0 Å². The van der Waals surface area contributed by atoms with Crippen LogP contribution in [0.4, 0.5) is 5.82 Å². The van der Waals surface area contributed by atoms with Gasteiger partial charge in [-0.05, 0) is 49.8 Å². The van der Waals surface area contributed by atoms with E-state index in [0.717, 1.165) is 11.1 Å². The average molecular weight is 285 g/mol. The topological polar surface area (TPSA) is 54.0 Å². The van der Waals surface area contributed by atoms with Crippen LogP contribution in [0, 0.1) is 13.8 Å². The molecule has 0 fully saturated rings. The van der Waals surface area contributed by atoms with Gasteiger partial charge in [-0.2, -0.15) is 0 Å². The van der Waals surface area contributed by atoms with Gasteiger partial charge in [0.15, 0.2) is 5.11 Å². The number of aromatic nitrogens is 1. The van der Waals surface area contributed by atoms with E-state index in [9.17, 15) is 4.79 Å². The van der Waals surface area contributed by atoms with Gasteiger partial charge in [0.1, 0.15) is 5.82 Å². The van der Waals surface area contributed by atoms with Crippen molar-refractivity contribution in [2.75, 3.05) is 5.32 Å². The van der Waals surface area contributed by atoms with Crippen molar-refractivity contribution in [1.29, 1.82) is 0 Å². The number of amides is 1. The Morgan fingerprint density at radius 1 is 1.05 bits per heavy atom. The molecule has 0 atom stereocenters. The van der Waals surface area contributed by atoms with E-state index in [1.165, 1.54) is 0 Å². The average Bonchev–Trinajstić information content (AvgIpc) is 2.42. The van der Waals surface area contributed by atoms with Crippen LogP contribution in [-0.4, -0.2) is 16.0 Å². The van der Waals surface area contributed by atoms with Crippen LogP contribution in [0.2, 0.25) is 0 Å². The highest BCUT2D eigenvalue weighted by Crippen LogP contribution is 2.05. The van der Waals surface area contributed by atoms with Gasteiger partial charge in [0, 0.05) is 11.8 Å². The van der Waals surface area contributed by atoms with E-state index in [0.29, 0.717) is 11.4 Å². The number of nitrogens with one attached hydrogen (secondary N) is 2. The summed E-state index contributed by atoms with van der Waals surface area (Å²) in [6.07, 6.45) is 1.73. The van der Waals surface area contributed by atoms with E-state index in [4.69, 9.17) is 12.2 Å². The van der Waals surface area contributed by atoms with Gasteiger partial charge in [-0.15, -0.1) is 0 Å². The summed E-state index contributed by atoms with van der Waals surface area (Å²) in [7, 11) is 0. The third-order valence-electron chi connectivity index (χ3n) is 2.69. The summed E-state index contributed by atoms with van der Waals surface area (Å²) in [6.45, 7) is 3.92. The second-order valence-electron chi connectivity index (χ2n) is 4.50. The number of pyridine rings is 1. The Hall–Kier alpha value is -2.27. The molecule has 0 radical (unpaired) electrons. The number of hydrogen-bond donors (Lipinski definition) is 2. The molecule has 2 N–H and O–H groups in total. The van der Waals surface area contributed by atoms with Crippen LogP contribution in [0.25, 0.3) is 0 Å². The Balaban J connectivity index is 1.95. The molecule has 102 valence electrons. The van der Waals surface area contributed by atoms with Gasteiger partial charge in [-0.3, -0.25) is 10.1 Å². The first-order valence-corrected chi connectivity index (χ1v) is 6.57. The highest BCUT2D eigenvalue weighted by molar-refractivity contribution is 7.80. The quantitative estimate of drug-likeness (QED) is 0.833. The lowest BCUT2D eigenvalue weighted by molar-refractivity contribution is 0.0978. The van der Waals surface area contributed by atoms with Gasteiger partial charge in [0.25, 0.3) is 5.91 Å². The third kappa shape index (κ3) is 3.86. The summed E-state index contributed by atoms with van der Waals surface area (Å²) in [5.74, 6) is 0.361. The fourth-order valence-electron chi connectivity index (χ4n) is 1.57. The van der Waals surface area contributed by atoms with E-state index in [1.807, 2.05) is 32.0 Å². The molecular weight excluding hydrogens is 270 g/mol. The monoisotopic (exact) mass is 285 g/mol. The van der Waals surface area contributed by atoms with E-state index in [2.05, 4.69) is 15.6 Å². The molecule has 1 aromatic heterocycles. The molecule has 5 heteroatoms. The highest BCUT2D eigenvalue weighted by Gasteiger charge is 2.07. The number of benzene rings is 1. The third-order valence-corrected chi connectivity index (χ3v) is 2.90. The highest BCUT2D eigenvalue weighted by atomic mass is 32.1. The number of anilines is 1. The number of carbonyl (C=O) groups excluding carboxylic acids is 1. The SMILES string of the molecule is Cc1ccc(C(=O)NC(=S)Nc2ccc(C)cn2)cc1. The van der Waals surface area contributed by atoms with E-state index < -0.39 is 0 Å². The zero-order valence-electron chi connectivity index (χ0n) is 11.3. The molecule has 0 aliphatic rings. The zero-order chi connectivity index (χ0) is 14.5. The molecule has 1 amide bonds. The molecule has 0 saturated heterocycles. The number of thiocarbonyl (C=S) groups is 1. The van der Waals surface area contributed by atoms with Crippen molar-refractivity contribution in [3.05, 3.63) is 59.3 Å². The number of hydrogen-bond acceptors (Lipinski definition) is 3. The molecule has 4 nitrogen and oxygen atoms in total. The number of carbonyl (C=O) groups is 1. The molecule has 20 heavy (non-hydrogen) atoms. The molecule has 0 aliphatic heterocycles. The predicted octanol–water partition coefficient (Wildman–Crippen LogP) is 2.83. The Morgan fingerprint density at radius 2 is 1.70 bits per heavy atom. The molecule has 1 aromatic carbocycles. The summed E-state index contributed by atoms with van der Waals surface area (Å²) >= 11 is 5.09. The summed E-state index contributed by atoms with van der Waals surface area (Å²) < 4.78 is 0. The molecule has 1 heterocycles. The van der Waals surface area contributed by atoms with Gasteiger partial charge in [-0.25, -0.2) is 4.98 Å². The second kappa shape index (κ2) is 6.25. The summed E-state index contributed by atoms with van der Waals surface area (Å²) in [5.41, 5.74) is 2.73. The van der Waals surface area contributed by atoms with E-state index >= 15 is 0 Å². The first-order chi connectivity index (χ1) is 9.54. The summed E-state index contributed by atoms with van der Waals surface area (Å²) in [6, 6.07) is 11.0. The number of aryl methyl sites for hydroxylation is 2. The Kier molecular flexibility index (Phi) is 4.42. The van der Waals surface area contributed by atoms with Crippen molar-refractivity contribution in [1.82, 2.24) is 10.3 Å². The first-order valence-electron chi connectivity index (χ1n) is 6.16. The van der Waals surface area contributed by atoms with Crippen molar-refractivity contribution < 1.29 is 4.79 Å². The van der Waals surface area contributed by atoms with Crippen LogP contribution in [-0.2, 0) is 0 Å². The normalized spacial score (nSPS) is 9.90. The predicted molar refractivity (Wildman–Crippen MR) is 83.8 cm³/mol. The van der Waals surface area contributed by atoms with Gasteiger partial charge in [0.05, 0.1) is 0 Å². The fourth-order valence-corrected chi connectivity index (χ4v) is 1.77. The molecule has 0 unspecified atom stereocenters. The number of rotatable bonds is 2. The van der Waals surface area contributed by atoms with Crippen LogP contribution in [0.15, 0.2) is 42.6 Å². The van der Waals surface area contributed by atoms with Gasteiger partial charge >= 0.3 is 0 Å². The van der Waals surface area contributed by atoms with E-state index in [1.54, 1.807) is 24.4 Å². The minimum atomic E-state index is -0.241. The van der Waals surface area contributed by atoms with Crippen LogP contribution in [0.3, 0.4) is 0 Å². The van der Waals surface area contributed by atoms with Crippen LogP contribution in [0.5, 0.6) is 0 Å². The molecule has 2 aromatic rings. The molecule has 2 rings (SSSR count). The van der Waals surface area contributed by atoms with Crippen molar-refractivity contribution in [3.8, 4) is 0 Å². The zero-order valence-corrected chi connectivity index (χ0v) is 12.1.